The van der Waals surface area contributed by atoms with Crippen LogP contribution in [0.1, 0.15) is 39.1 Å². The summed E-state index contributed by atoms with van der Waals surface area (Å²) in [6, 6.07) is 3.94. The molecule has 1 aromatic rings. The van der Waals surface area contributed by atoms with E-state index in [1.165, 1.54) is 0 Å². The van der Waals surface area contributed by atoms with Gasteiger partial charge in [-0.05, 0) is 24.1 Å². The van der Waals surface area contributed by atoms with Gasteiger partial charge in [0.1, 0.15) is 6.04 Å². The minimum absolute atomic E-state index is 0.0736. The number of aliphatic hydroxyl groups excluding tert-OH is 1. The fourth-order valence-electron chi connectivity index (χ4n) is 3.75. The van der Waals surface area contributed by atoms with E-state index in [1.54, 1.807) is 18.2 Å². The molecule has 0 aliphatic carbocycles. The number of imide groups is 2. The fraction of sp³-hybridized carbons (Fsp3) is 0.444. The number of hydrogen-bond acceptors (Lipinski definition) is 7. The molecule has 4 N–H and O–H groups in total. The van der Waals surface area contributed by atoms with Crippen LogP contribution in [-0.4, -0.2) is 64.9 Å². The molecule has 4 amide bonds. The fourth-order valence-corrected chi connectivity index (χ4v) is 3.75. The minimum atomic E-state index is -0.962. The van der Waals surface area contributed by atoms with Crippen LogP contribution in [0.2, 0.25) is 0 Å². The summed E-state index contributed by atoms with van der Waals surface area (Å²) in [6.07, 6.45) is -0.237. The van der Waals surface area contributed by atoms with Crippen LogP contribution >= 0.6 is 0 Å². The van der Waals surface area contributed by atoms with Gasteiger partial charge in [-0.3, -0.25) is 29.4 Å². The van der Waals surface area contributed by atoms with Crippen molar-refractivity contribution in [2.75, 3.05) is 13.1 Å². The molecule has 1 aromatic carbocycles. The number of hydrogen-bond donors (Lipinski definition) is 4. The smallest absolute Gasteiger partial charge is 0.262 e. The number of amides is 4. The van der Waals surface area contributed by atoms with Gasteiger partial charge < -0.3 is 15.7 Å². The highest BCUT2D eigenvalue weighted by Gasteiger charge is 2.44. The van der Waals surface area contributed by atoms with E-state index < -0.39 is 35.8 Å². The van der Waals surface area contributed by atoms with Crippen LogP contribution in [0.15, 0.2) is 18.2 Å². The van der Waals surface area contributed by atoms with E-state index in [1.807, 2.05) is 0 Å². The highest BCUT2D eigenvalue weighted by molar-refractivity contribution is 6.23. The second-order valence-electron chi connectivity index (χ2n) is 7.04. The number of rotatable bonds is 4. The van der Waals surface area contributed by atoms with Crippen molar-refractivity contribution in [3.05, 3.63) is 34.9 Å². The highest BCUT2D eigenvalue weighted by atomic mass is 16.3. The molecule has 4 rings (SSSR count). The van der Waals surface area contributed by atoms with Crippen molar-refractivity contribution in [3.8, 4) is 0 Å². The van der Waals surface area contributed by atoms with Crippen LogP contribution in [0.5, 0.6) is 0 Å². The summed E-state index contributed by atoms with van der Waals surface area (Å²) in [6.45, 7) is 1.64. The molecule has 27 heavy (non-hydrogen) atoms. The quantitative estimate of drug-likeness (QED) is 0.474. The van der Waals surface area contributed by atoms with Gasteiger partial charge in [0.25, 0.3) is 11.8 Å². The van der Waals surface area contributed by atoms with Crippen molar-refractivity contribution in [3.63, 3.8) is 0 Å². The maximum atomic E-state index is 12.8. The topological polar surface area (TPSA) is 128 Å². The Labute approximate surface area is 155 Å². The lowest BCUT2D eigenvalue weighted by Crippen LogP contribution is -2.54. The molecular weight excluding hydrogens is 352 g/mol. The number of benzene rings is 1. The number of piperidine rings is 1. The largest absolute Gasteiger partial charge is 0.390 e. The van der Waals surface area contributed by atoms with E-state index in [9.17, 15) is 24.3 Å². The summed E-state index contributed by atoms with van der Waals surface area (Å²) in [4.78, 5) is 49.7. The monoisotopic (exact) mass is 372 g/mol. The van der Waals surface area contributed by atoms with Gasteiger partial charge >= 0.3 is 0 Å². The molecule has 0 aromatic heterocycles. The SMILES string of the molecule is O=C1CCC(N2C(=O)c3ccc(CN[C@H]4CNC[C@H]4O)cc3C2=O)C(=O)N1. The van der Waals surface area contributed by atoms with Crippen LogP contribution in [-0.2, 0) is 16.1 Å². The van der Waals surface area contributed by atoms with E-state index in [4.69, 9.17) is 0 Å². The van der Waals surface area contributed by atoms with Gasteiger partial charge in [0, 0.05) is 32.1 Å². The predicted molar refractivity (Wildman–Crippen MR) is 92.6 cm³/mol. The molecule has 3 atom stereocenters. The van der Waals surface area contributed by atoms with Gasteiger partial charge in [0.05, 0.1) is 17.2 Å². The van der Waals surface area contributed by atoms with E-state index in [-0.39, 0.29) is 30.0 Å². The van der Waals surface area contributed by atoms with Crippen LogP contribution in [0.25, 0.3) is 0 Å². The first-order valence-corrected chi connectivity index (χ1v) is 8.92. The number of β-amino-alcohol motifs (C(OH)–C–C–N with tert-alkyl or cyclic N) is 1. The molecule has 2 saturated heterocycles. The van der Waals surface area contributed by atoms with E-state index in [0.29, 0.717) is 19.6 Å². The Balaban J connectivity index is 1.51. The Bertz CT molecular complexity index is 839. The van der Waals surface area contributed by atoms with Crippen LogP contribution in [0.3, 0.4) is 0 Å². The molecule has 0 saturated carbocycles. The van der Waals surface area contributed by atoms with Crippen molar-refractivity contribution in [2.45, 2.75) is 37.6 Å². The third-order valence-electron chi connectivity index (χ3n) is 5.25. The van der Waals surface area contributed by atoms with Gasteiger partial charge in [-0.15, -0.1) is 0 Å². The molecule has 3 aliphatic heterocycles. The average Bonchev–Trinajstić information content (AvgIpc) is 3.15. The first kappa shape index (κ1) is 17.8. The van der Waals surface area contributed by atoms with Gasteiger partial charge in [-0.25, -0.2) is 0 Å². The van der Waals surface area contributed by atoms with Gasteiger partial charge in [0.2, 0.25) is 11.8 Å². The normalized spacial score (nSPS) is 27.9. The Morgan fingerprint density at radius 2 is 1.89 bits per heavy atom. The lowest BCUT2D eigenvalue weighted by Gasteiger charge is -2.27. The van der Waals surface area contributed by atoms with Crippen molar-refractivity contribution in [1.82, 2.24) is 20.9 Å². The molecule has 142 valence electrons. The first-order chi connectivity index (χ1) is 13.0. The molecular formula is C18H20N4O5. The standard InChI is InChI=1S/C18H20N4O5/c23-14-8-19-7-12(14)20-6-9-1-2-10-11(5-9)18(27)22(17(10)26)13-3-4-15(24)21-16(13)25/h1-2,5,12-14,19-20,23H,3-4,6-8H2,(H,21,24,25)/t12-,13?,14+/m0/s1. The van der Waals surface area contributed by atoms with E-state index in [0.717, 1.165) is 10.5 Å². The third-order valence-corrected chi connectivity index (χ3v) is 5.25. The zero-order valence-electron chi connectivity index (χ0n) is 14.5. The van der Waals surface area contributed by atoms with E-state index in [2.05, 4.69) is 16.0 Å². The first-order valence-electron chi connectivity index (χ1n) is 8.92. The second-order valence-corrected chi connectivity index (χ2v) is 7.04. The molecule has 9 heteroatoms. The van der Waals surface area contributed by atoms with Crippen LogP contribution in [0.4, 0.5) is 0 Å². The minimum Gasteiger partial charge on any atom is -0.390 e. The van der Waals surface area contributed by atoms with Crippen molar-refractivity contribution >= 4 is 23.6 Å². The molecule has 2 fully saturated rings. The molecule has 0 spiro atoms. The highest BCUT2D eigenvalue weighted by Crippen LogP contribution is 2.28. The lowest BCUT2D eigenvalue weighted by molar-refractivity contribution is -0.136. The number of nitrogens with zero attached hydrogens (tertiary/aromatic N) is 1. The van der Waals surface area contributed by atoms with Gasteiger partial charge in [-0.2, -0.15) is 0 Å². The third kappa shape index (κ3) is 3.14. The Hall–Kier alpha value is -2.62. The summed E-state index contributed by atoms with van der Waals surface area (Å²) >= 11 is 0. The van der Waals surface area contributed by atoms with E-state index >= 15 is 0 Å². The number of carbonyl (C=O) groups excluding carboxylic acids is 4. The number of carbonyl (C=O) groups is 4. The number of aliphatic hydroxyl groups is 1. The summed E-state index contributed by atoms with van der Waals surface area (Å²) in [5, 5.41) is 18.3. The summed E-state index contributed by atoms with van der Waals surface area (Å²) in [7, 11) is 0. The van der Waals surface area contributed by atoms with Gasteiger partial charge in [0.15, 0.2) is 0 Å². The molecule has 3 aliphatic rings. The number of fused-ring (bicyclic) bond motifs is 1. The molecule has 1 unspecified atom stereocenters. The van der Waals surface area contributed by atoms with Crippen LogP contribution < -0.4 is 16.0 Å². The Morgan fingerprint density at radius 3 is 2.59 bits per heavy atom. The lowest BCUT2D eigenvalue weighted by atomic mass is 10.0. The Kier molecular flexibility index (Phi) is 4.50. The van der Waals surface area contributed by atoms with Crippen molar-refractivity contribution in [2.24, 2.45) is 0 Å². The maximum Gasteiger partial charge on any atom is 0.262 e. The van der Waals surface area contributed by atoms with Crippen molar-refractivity contribution in [1.29, 1.82) is 0 Å². The van der Waals surface area contributed by atoms with Crippen LogP contribution in [0, 0.1) is 0 Å². The molecule has 9 nitrogen and oxygen atoms in total. The molecule has 0 radical (unpaired) electrons. The Morgan fingerprint density at radius 1 is 1.11 bits per heavy atom. The molecule has 0 bridgehead atoms. The maximum absolute atomic E-state index is 12.8. The predicted octanol–water partition coefficient (Wildman–Crippen LogP) is -1.49. The zero-order chi connectivity index (χ0) is 19.1. The van der Waals surface area contributed by atoms with Crippen molar-refractivity contribution < 1.29 is 24.3 Å². The summed E-state index contributed by atoms with van der Waals surface area (Å²) in [5.74, 6) is -2.05. The summed E-state index contributed by atoms with van der Waals surface area (Å²) < 4.78 is 0. The zero-order valence-corrected chi connectivity index (χ0v) is 14.5. The summed E-state index contributed by atoms with van der Waals surface area (Å²) in [5.41, 5.74) is 1.32. The molecule has 3 heterocycles. The second kappa shape index (κ2) is 6.84. The van der Waals surface area contributed by atoms with Gasteiger partial charge in [-0.1, -0.05) is 6.07 Å². The average molecular weight is 372 g/mol. The number of nitrogens with one attached hydrogen (secondary N) is 3.